The van der Waals surface area contributed by atoms with Gasteiger partial charge in [0.1, 0.15) is 30.2 Å². The van der Waals surface area contributed by atoms with E-state index in [1.54, 1.807) is 12.3 Å². The average molecular weight is 790 g/mol. The second kappa shape index (κ2) is 20.6. The maximum absolute atomic E-state index is 14.3. The molecule has 2 aliphatic rings. The molecule has 0 bridgehead atoms. The standard InChI is InChI=1S/C34H47N9O9S2/c35-11-4-3-8-22-31(49)38-17-28(45)40-23(15-29(46)47)32(50)41-24(14-19-16-37-21-7-2-1-6-20(19)21)34(52)43-12-5-9-26(43)33(51)42-25(30(36)48)18-54-53-13-10-27(44)39-22/h1-2,6-7,16,22-26,37H,3-5,8-15,17-18,35H2,(H2,36,48)(H,38,49)(H,39,44)(H,40,45)(H,41,50)(H,42,51)(H,46,47)/t22?,23?,24-,25-,26-/m0/s1. The second-order valence-electron chi connectivity index (χ2n) is 13.0. The van der Waals surface area contributed by atoms with Crippen molar-refractivity contribution in [3.63, 3.8) is 0 Å². The van der Waals surface area contributed by atoms with E-state index >= 15 is 0 Å². The van der Waals surface area contributed by atoms with E-state index in [1.807, 2.05) is 18.2 Å². The Labute approximate surface area is 319 Å². The van der Waals surface area contributed by atoms with Crippen LogP contribution in [0, 0.1) is 0 Å². The lowest BCUT2D eigenvalue weighted by atomic mass is 10.0. The molecule has 1 aromatic carbocycles. The number of hydrogen-bond donors (Lipinski definition) is 9. The summed E-state index contributed by atoms with van der Waals surface area (Å²) in [5, 5.41) is 23.1. The Morgan fingerprint density at radius 1 is 0.889 bits per heavy atom. The van der Waals surface area contributed by atoms with Crippen LogP contribution in [-0.4, -0.2) is 124 Å². The van der Waals surface area contributed by atoms with Gasteiger partial charge in [-0.15, -0.1) is 0 Å². The number of hydrogen-bond acceptors (Lipinski definition) is 11. The highest BCUT2D eigenvalue weighted by atomic mass is 33.1. The van der Waals surface area contributed by atoms with Gasteiger partial charge >= 0.3 is 5.97 Å². The van der Waals surface area contributed by atoms with Gasteiger partial charge in [-0.25, -0.2) is 0 Å². The SMILES string of the molecule is NCCCCC1NC(=O)CCSSC[C@@H](C(N)=O)NC(=O)[C@@H]2CCCN2C(=O)[C@H](Cc2c[nH]c3ccccc23)NC(=O)C(CC(=O)O)NC(=O)CNC1=O. The summed E-state index contributed by atoms with van der Waals surface area (Å²) in [4.78, 5) is 109. The van der Waals surface area contributed by atoms with E-state index in [0.717, 1.165) is 10.9 Å². The summed E-state index contributed by atoms with van der Waals surface area (Å²) < 4.78 is 0. The Morgan fingerprint density at radius 2 is 1.65 bits per heavy atom. The molecule has 18 nitrogen and oxygen atoms in total. The smallest absolute Gasteiger partial charge is 0.305 e. The summed E-state index contributed by atoms with van der Waals surface area (Å²) in [6.07, 6.45) is 2.81. The highest BCUT2D eigenvalue weighted by molar-refractivity contribution is 8.76. The van der Waals surface area contributed by atoms with Crippen molar-refractivity contribution in [2.75, 3.05) is 31.1 Å². The van der Waals surface area contributed by atoms with Crippen LogP contribution in [0.2, 0.25) is 0 Å². The van der Waals surface area contributed by atoms with Crippen molar-refractivity contribution in [1.29, 1.82) is 0 Å². The minimum atomic E-state index is -1.66. The quantitative estimate of drug-likeness (QED) is 0.105. The summed E-state index contributed by atoms with van der Waals surface area (Å²) in [7, 11) is 2.48. The molecular formula is C34H47N9O9S2. The van der Waals surface area contributed by atoms with Crippen LogP contribution < -0.4 is 38.1 Å². The van der Waals surface area contributed by atoms with E-state index in [0.29, 0.717) is 37.1 Å². The number of H-pyrrole nitrogens is 1. The first-order valence-corrected chi connectivity index (χ1v) is 20.1. The number of aromatic amines is 1. The number of primary amides is 1. The van der Waals surface area contributed by atoms with Gasteiger partial charge in [0, 0.05) is 48.0 Å². The average Bonchev–Trinajstić information content (AvgIpc) is 3.79. The van der Waals surface area contributed by atoms with Crippen molar-refractivity contribution < 1.29 is 43.5 Å². The monoisotopic (exact) mass is 789 g/mol. The molecule has 2 aliphatic heterocycles. The largest absolute Gasteiger partial charge is 0.481 e. The number of rotatable bonds is 9. The Bertz CT molecular complexity index is 1710. The Morgan fingerprint density at radius 3 is 2.39 bits per heavy atom. The number of carbonyl (C=O) groups is 8. The highest BCUT2D eigenvalue weighted by Crippen LogP contribution is 2.25. The zero-order valence-electron chi connectivity index (χ0n) is 29.6. The van der Waals surface area contributed by atoms with Gasteiger partial charge in [0.15, 0.2) is 0 Å². The lowest BCUT2D eigenvalue weighted by Gasteiger charge is -2.30. The maximum Gasteiger partial charge on any atom is 0.305 e. The molecule has 4 rings (SSSR count). The van der Waals surface area contributed by atoms with E-state index in [9.17, 15) is 43.5 Å². The lowest BCUT2D eigenvalue weighted by molar-refractivity contribution is -0.143. The number of para-hydroxylation sites is 1. The van der Waals surface area contributed by atoms with E-state index in [4.69, 9.17) is 11.5 Å². The molecule has 11 N–H and O–H groups in total. The first-order chi connectivity index (χ1) is 25.9. The predicted octanol–water partition coefficient (Wildman–Crippen LogP) is -1.37. The molecule has 7 amide bonds. The molecular weight excluding hydrogens is 743 g/mol. The number of benzene rings is 1. The maximum atomic E-state index is 14.3. The third-order valence-corrected chi connectivity index (χ3v) is 11.4. The van der Waals surface area contributed by atoms with Crippen LogP contribution >= 0.6 is 21.6 Å². The van der Waals surface area contributed by atoms with Crippen molar-refractivity contribution >= 4 is 79.8 Å². The first-order valence-electron chi connectivity index (χ1n) is 17.7. The molecule has 2 aromatic rings. The fourth-order valence-corrected chi connectivity index (χ4v) is 8.38. The molecule has 0 spiro atoms. The zero-order chi connectivity index (χ0) is 39.2. The normalized spacial score (nSPS) is 24.5. The number of nitrogens with one attached hydrogen (secondary N) is 6. The van der Waals surface area contributed by atoms with Crippen LogP contribution in [0.4, 0.5) is 0 Å². The number of unbranched alkanes of at least 4 members (excludes halogenated alkanes) is 1. The third-order valence-electron chi connectivity index (χ3n) is 8.99. The number of nitrogens with zero attached hydrogens (tertiary/aromatic N) is 1. The van der Waals surface area contributed by atoms with Gasteiger partial charge in [-0.1, -0.05) is 39.8 Å². The number of fused-ring (bicyclic) bond motifs is 2. The van der Waals surface area contributed by atoms with Gasteiger partial charge in [0.05, 0.1) is 13.0 Å². The van der Waals surface area contributed by atoms with Gasteiger partial charge in [0.2, 0.25) is 41.4 Å². The van der Waals surface area contributed by atoms with E-state index in [1.165, 1.54) is 26.5 Å². The minimum absolute atomic E-state index is 0.0112. The molecule has 294 valence electrons. The number of nitrogens with two attached hydrogens (primary N) is 2. The molecule has 0 radical (unpaired) electrons. The Balaban J connectivity index is 1.64. The molecule has 0 aliphatic carbocycles. The van der Waals surface area contributed by atoms with Crippen molar-refractivity contribution in [3.8, 4) is 0 Å². The van der Waals surface area contributed by atoms with Gasteiger partial charge in [-0.3, -0.25) is 38.4 Å². The molecule has 3 heterocycles. The number of amides is 7. The fraction of sp³-hybridized carbons (Fsp3) is 0.529. The minimum Gasteiger partial charge on any atom is -0.481 e. The van der Waals surface area contributed by atoms with Crippen LogP contribution in [-0.2, 0) is 44.8 Å². The molecule has 2 unspecified atom stereocenters. The van der Waals surface area contributed by atoms with Crippen LogP contribution in [0.15, 0.2) is 30.5 Å². The molecule has 2 saturated heterocycles. The summed E-state index contributed by atoms with van der Waals surface area (Å²) in [5.41, 5.74) is 12.6. The summed E-state index contributed by atoms with van der Waals surface area (Å²) in [6, 6.07) is 1.22. The molecule has 5 atom stereocenters. The topological polar surface area (TPSA) is 288 Å². The van der Waals surface area contributed by atoms with E-state index in [2.05, 4.69) is 31.6 Å². The van der Waals surface area contributed by atoms with Gasteiger partial charge in [-0.2, -0.15) is 0 Å². The molecule has 20 heteroatoms. The van der Waals surface area contributed by atoms with E-state index in [-0.39, 0.29) is 38.0 Å². The number of aliphatic carboxylic acids is 1. The number of carbonyl (C=O) groups excluding carboxylic acids is 7. The van der Waals surface area contributed by atoms with Gasteiger partial charge < -0.3 is 53.0 Å². The summed E-state index contributed by atoms with van der Waals surface area (Å²) >= 11 is 0. The van der Waals surface area contributed by atoms with Crippen LogP contribution in [0.3, 0.4) is 0 Å². The molecule has 54 heavy (non-hydrogen) atoms. The zero-order valence-corrected chi connectivity index (χ0v) is 31.2. The summed E-state index contributed by atoms with van der Waals surface area (Å²) in [5.74, 6) is -6.06. The summed E-state index contributed by atoms with van der Waals surface area (Å²) in [6.45, 7) is -0.111. The van der Waals surface area contributed by atoms with E-state index < -0.39 is 90.5 Å². The van der Waals surface area contributed by atoms with Crippen molar-refractivity contribution in [3.05, 3.63) is 36.0 Å². The Hall–Kier alpha value is -4.82. The van der Waals surface area contributed by atoms with Crippen LogP contribution in [0.1, 0.15) is 50.5 Å². The number of carboxylic acids is 1. The molecule has 2 fully saturated rings. The van der Waals surface area contributed by atoms with Crippen LogP contribution in [0.5, 0.6) is 0 Å². The molecule has 0 saturated carbocycles. The predicted molar refractivity (Wildman–Crippen MR) is 201 cm³/mol. The second-order valence-corrected chi connectivity index (χ2v) is 15.6. The number of aromatic nitrogens is 1. The Kier molecular flexibility index (Phi) is 16.0. The highest BCUT2D eigenvalue weighted by Gasteiger charge is 2.40. The van der Waals surface area contributed by atoms with Crippen molar-refractivity contribution in [1.82, 2.24) is 36.5 Å². The van der Waals surface area contributed by atoms with Crippen molar-refractivity contribution in [2.24, 2.45) is 11.5 Å². The fourth-order valence-electron chi connectivity index (χ4n) is 6.22. The van der Waals surface area contributed by atoms with Crippen molar-refractivity contribution in [2.45, 2.75) is 81.6 Å². The third kappa shape index (κ3) is 12.1. The first kappa shape index (κ1) is 41.9. The van der Waals surface area contributed by atoms with Gasteiger partial charge in [-0.05, 0) is 50.3 Å². The van der Waals surface area contributed by atoms with Crippen LogP contribution in [0.25, 0.3) is 10.9 Å². The lowest BCUT2D eigenvalue weighted by Crippen LogP contribution is -2.59. The van der Waals surface area contributed by atoms with Gasteiger partial charge in [0.25, 0.3) is 0 Å². The molecule has 1 aromatic heterocycles. The number of carboxylic acid groups (broad SMARTS) is 1.